The van der Waals surface area contributed by atoms with Gasteiger partial charge >= 0.3 is 6.03 Å². The average molecular weight is 231 g/mol. The maximum Gasteiger partial charge on any atom is 0.315 e. The zero-order valence-corrected chi connectivity index (χ0v) is 9.18. The van der Waals surface area contributed by atoms with E-state index in [1.54, 1.807) is 0 Å². The van der Waals surface area contributed by atoms with E-state index in [1.807, 2.05) is 30.3 Å². The Kier molecular flexibility index (Phi) is 3.69. The second-order valence-electron chi connectivity index (χ2n) is 3.45. The molecule has 0 aliphatic rings. The summed E-state index contributed by atoms with van der Waals surface area (Å²) in [6.07, 6.45) is 1.40. The van der Waals surface area contributed by atoms with E-state index in [0.717, 1.165) is 5.56 Å². The van der Waals surface area contributed by atoms with Crippen LogP contribution in [0.1, 0.15) is 11.4 Å². The summed E-state index contributed by atoms with van der Waals surface area (Å²) in [4.78, 5) is 15.3. The molecule has 0 spiro atoms. The zero-order chi connectivity index (χ0) is 11.9. The number of amides is 2. The number of H-pyrrole nitrogens is 1. The van der Waals surface area contributed by atoms with Gasteiger partial charge in [0.25, 0.3) is 0 Å². The number of hydrogen-bond acceptors (Lipinski definition) is 3. The number of rotatable bonds is 4. The minimum atomic E-state index is -0.231. The maximum absolute atomic E-state index is 11.4. The third-order valence-corrected chi connectivity index (χ3v) is 2.18. The van der Waals surface area contributed by atoms with E-state index in [9.17, 15) is 4.79 Å². The molecule has 0 aliphatic carbocycles. The molecule has 6 heteroatoms. The number of nitrogens with one attached hydrogen (secondary N) is 3. The van der Waals surface area contributed by atoms with Crippen LogP contribution < -0.4 is 10.6 Å². The summed E-state index contributed by atoms with van der Waals surface area (Å²) in [7, 11) is 0. The van der Waals surface area contributed by atoms with Crippen molar-refractivity contribution in [3.05, 3.63) is 48.0 Å². The van der Waals surface area contributed by atoms with E-state index >= 15 is 0 Å². The molecule has 0 saturated carbocycles. The summed E-state index contributed by atoms with van der Waals surface area (Å²) < 4.78 is 0. The van der Waals surface area contributed by atoms with Gasteiger partial charge in [0.2, 0.25) is 0 Å². The van der Waals surface area contributed by atoms with Crippen molar-refractivity contribution in [2.45, 2.75) is 13.1 Å². The van der Waals surface area contributed by atoms with Gasteiger partial charge in [-0.15, -0.1) is 0 Å². The Hall–Kier alpha value is -2.37. The van der Waals surface area contributed by atoms with Gasteiger partial charge in [0.15, 0.2) is 0 Å². The van der Waals surface area contributed by atoms with E-state index in [4.69, 9.17) is 0 Å². The van der Waals surface area contributed by atoms with Crippen LogP contribution in [0.2, 0.25) is 0 Å². The molecule has 0 atom stereocenters. The van der Waals surface area contributed by atoms with Crippen LogP contribution in [0.3, 0.4) is 0 Å². The summed E-state index contributed by atoms with van der Waals surface area (Å²) in [5.41, 5.74) is 1.06. The molecule has 0 saturated heterocycles. The molecule has 2 aromatic rings. The highest BCUT2D eigenvalue weighted by atomic mass is 16.2. The van der Waals surface area contributed by atoms with Crippen LogP contribution in [-0.4, -0.2) is 21.2 Å². The van der Waals surface area contributed by atoms with Crippen molar-refractivity contribution in [3.63, 3.8) is 0 Å². The van der Waals surface area contributed by atoms with Crippen molar-refractivity contribution in [2.24, 2.45) is 0 Å². The van der Waals surface area contributed by atoms with E-state index in [2.05, 4.69) is 25.8 Å². The molecule has 1 heterocycles. The van der Waals surface area contributed by atoms with Crippen LogP contribution in [0.5, 0.6) is 0 Å². The molecule has 0 unspecified atom stereocenters. The van der Waals surface area contributed by atoms with Gasteiger partial charge < -0.3 is 10.6 Å². The molecule has 17 heavy (non-hydrogen) atoms. The quantitative estimate of drug-likeness (QED) is 0.728. The highest BCUT2D eigenvalue weighted by molar-refractivity contribution is 5.73. The van der Waals surface area contributed by atoms with Crippen molar-refractivity contribution in [2.75, 3.05) is 0 Å². The largest absolute Gasteiger partial charge is 0.334 e. The number of carbonyl (C=O) groups excluding carboxylic acids is 1. The lowest BCUT2D eigenvalue weighted by molar-refractivity contribution is 0.240. The molecule has 2 rings (SSSR count). The molecule has 0 aliphatic heterocycles. The summed E-state index contributed by atoms with van der Waals surface area (Å²) in [5, 5.41) is 11.8. The Balaban J connectivity index is 1.71. The smallest absolute Gasteiger partial charge is 0.315 e. The molecule has 0 fully saturated rings. The Morgan fingerprint density at radius 1 is 1.18 bits per heavy atom. The maximum atomic E-state index is 11.4. The van der Waals surface area contributed by atoms with Crippen molar-refractivity contribution in [1.82, 2.24) is 25.8 Å². The summed E-state index contributed by atoms with van der Waals surface area (Å²) in [6, 6.07) is 9.48. The van der Waals surface area contributed by atoms with Gasteiger partial charge in [-0.2, -0.15) is 5.10 Å². The number of aromatic amines is 1. The molecule has 1 aromatic heterocycles. The SMILES string of the molecule is O=C(NCc1ccccc1)NCc1ncn[nH]1. The first kappa shape index (κ1) is 11.1. The van der Waals surface area contributed by atoms with Crippen LogP contribution in [0, 0.1) is 0 Å². The Bertz CT molecular complexity index is 454. The Labute approximate surface area is 98.5 Å². The number of carbonyl (C=O) groups is 1. The summed E-state index contributed by atoms with van der Waals surface area (Å²) in [5.74, 6) is 0.625. The fourth-order valence-corrected chi connectivity index (χ4v) is 1.32. The van der Waals surface area contributed by atoms with Crippen LogP contribution >= 0.6 is 0 Å². The first-order valence-corrected chi connectivity index (χ1v) is 5.24. The molecule has 3 N–H and O–H groups in total. The van der Waals surface area contributed by atoms with Crippen molar-refractivity contribution >= 4 is 6.03 Å². The van der Waals surface area contributed by atoms with Gasteiger partial charge in [-0.3, -0.25) is 5.10 Å². The predicted octanol–water partition coefficient (Wildman–Crippen LogP) is 0.804. The second kappa shape index (κ2) is 5.64. The molecular weight excluding hydrogens is 218 g/mol. The van der Waals surface area contributed by atoms with Crippen molar-refractivity contribution < 1.29 is 4.79 Å². The topological polar surface area (TPSA) is 82.7 Å². The van der Waals surface area contributed by atoms with Crippen LogP contribution in [-0.2, 0) is 13.1 Å². The molecule has 0 radical (unpaired) electrons. The molecule has 0 bridgehead atoms. The first-order valence-electron chi connectivity index (χ1n) is 5.24. The van der Waals surface area contributed by atoms with Crippen LogP contribution in [0.25, 0.3) is 0 Å². The molecule has 1 aromatic carbocycles. The Morgan fingerprint density at radius 3 is 2.65 bits per heavy atom. The summed E-state index contributed by atoms with van der Waals surface area (Å²) in [6.45, 7) is 0.837. The molecule has 88 valence electrons. The third-order valence-electron chi connectivity index (χ3n) is 2.18. The number of benzene rings is 1. The Morgan fingerprint density at radius 2 is 1.94 bits per heavy atom. The minimum Gasteiger partial charge on any atom is -0.334 e. The number of hydrogen-bond donors (Lipinski definition) is 3. The second-order valence-corrected chi connectivity index (χ2v) is 3.45. The highest BCUT2D eigenvalue weighted by Crippen LogP contribution is 1.96. The van der Waals surface area contributed by atoms with Crippen LogP contribution in [0.4, 0.5) is 4.79 Å². The lowest BCUT2D eigenvalue weighted by Gasteiger charge is -2.06. The first-order chi connectivity index (χ1) is 8.34. The normalized spacial score (nSPS) is 9.88. The lowest BCUT2D eigenvalue weighted by Crippen LogP contribution is -2.34. The van der Waals surface area contributed by atoms with Gasteiger partial charge in [0.1, 0.15) is 12.2 Å². The average Bonchev–Trinajstić information content (AvgIpc) is 2.88. The highest BCUT2D eigenvalue weighted by Gasteiger charge is 2.01. The number of urea groups is 1. The fraction of sp³-hybridized carbons (Fsp3) is 0.182. The summed E-state index contributed by atoms with van der Waals surface area (Å²) >= 11 is 0. The van der Waals surface area contributed by atoms with Gasteiger partial charge in [-0.25, -0.2) is 9.78 Å². The minimum absolute atomic E-state index is 0.231. The predicted molar refractivity (Wildman–Crippen MR) is 61.9 cm³/mol. The van der Waals surface area contributed by atoms with Crippen LogP contribution in [0.15, 0.2) is 36.7 Å². The third kappa shape index (κ3) is 3.60. The van der Waals surface area contributed by atoms with Gasteiger partial charge in [0, 0.05) is 6.54 Å². The van der Waals surface area contributed by atoms with E-state index in [-0.39, 0.29) is 6.03 Å². The molecular formula is C11H13N5O. The lowest BCUT2D eigenvalue weighted by atomic mass is 10.2. The monoisotopic (exact) mass is 231 g/mol. The molecule has 2 amide bonds. The zero-order valence-electron chi connectivity index (χ0n) is 9.18. The number of aromatic nitrogens is 3. The molecule has 6 nitrogen and oxygen atoms in total. The van der Waals surface area contributed by atoms with E-state index in [1.165, 1.54) is 6.33 Å². The van der Waals surface area contributed by atoms with E-state index < -0.39 is 0 Å². The standard InChI is InChI=1S/C11H13N5O/c17-11(13-7-10-14-8-15-16-10)12-6-9-4-2-1-3-5-9/h1-5,8H,6-7H2,(H2,12,13,17)(H,14,15,16). The van der Waals surface area contributed by atoms with Gasteiger partial charge in [0.05, 0.1) is 6.54 Å². The van der Waals surface area contributed by atoms with E-state index in [0.29, 0.717) is 18.9 Å². The van der Waals surface area contributed by atoms with Gasteiger partial charge in [-0.1, -0.05) is 30.3 Å². The van der Waals surface area contributed by atoms with Gasteiger partial charge in [-0.05, 0) is 5.56 Å². The van der Waals surface area contributed by atoms with Crippen molar-refractivity contribution in [3.8, 4) is 0 Å². The van der Waals surface area contributed by atoms with Crippen molar-refractivity contribution in [1.29, 1.82) is 0 Å². The fourth-order valence-electron chi connectivity index (χ4n) is 1.32. The number of nitrogens with zero attached hydrogens (tertiary/aromatic N) is 2.